The molecular formula is C14H20BrNO3S. The second kappa shape index (κ2) is 6.56. The van der Waals surface area contributed by atoms with Gasteiger partial charge < -0.3 is 4.74 Å². The molecule has 1 aliphatic carbocycles. The van der Waals surface area contributed by atoms with Crippen molar-refractivity contribution in [3.63, 3.8) is 0 Å². The molecule has 0 amide bonds. The number of sulfonamides is 1. The number of benzene rings is 1. The molecular weight excluding hydrogens is 342 g/mol. The predicted molar refractivity (Wildman–Crippen MR) is 82.7 cm³/mol. The lowest BCUT2D eigenvalue weighted by Gasteiger charge is -2.27. The summed E-state index contributed by atoms with van der Waals surface area (Å²) in [7, 11) is -3.45. The Hall–Kier alpha value is -0.430. The Morgan fingerprint density at radius 3 is 2.35 bits per heavy atom. The van der Waals surface area contributed by atoms with Crippen LogP contribution in [0.15, 0.2) is 28.7 Å². The SMILES string of the molecule is NS(=O)(=O)CC1(COCc2ccc(Br)cc2)CCCC1. The minimum Gasteiger partial charge on any atom is -0.376 e. The quantitative estimate of drug-likeness (QED) is 0.846. The lowest BCUT2D eigenvalue weighted by molar-refractivity contribution is 0.0472. The standard InChI is InChI=1S/C14H20BrNO3S/c15-13-5-3-12(4-6-13)9-19-10-14(7-1-2-8-14)11-20(16,17)18/h3-6H,1-2,7-11H2,(H2,16,17,18). The Morgan fingerprint density at radius 1 is 1.20 bits per heavy atom. The van der Waals surface area contributed by atoms with E-state index in [4.69, 9.17) is 9.88 Å². The highest BCUT2D eigenvalue weighted by molar-refractivity contribution is 9.10. The van der Waals surface area contributed by atoms with Crippen LogP contribution in [0.2, 0.25) is 0 Å². The Bertz CT molecular complexity index is 536. The maximum Gasteiger partial charge on any atom is 0.209 e. The lowest BCUT2D eigenvalue weighted by atomic mass is 9.90. The van der Waals surface area contributed by atoms with Crippen LogP contribution in [0, 0.1) is 5.41 Å². The van der Waals surface area contributed by atoms with E-state index in [9.17, 15) is 8.42 Å². The number of hydrogen-bond acceptors (Lipinski definition) is 3. The summed E-state index contributed by atoms with van der Waals surface area (Å²) in [5.74, 6) is 0.0281. The van der Waals surface area contributed by atoms with Gasteiger partial charge in [-0.1, -0.05) is 40.9 Å². The van der Waals surface area contributed by atoms with Crippen molar-refractivity contribution < 1.29 is 13.2 Å². The first-order valence-corrected chi connectivity index (χ1v) is 9.22. The first kappa shape index (κ1) is 15.9. The molecule has 6 heteroatoms. The summed E-state index contributed by atoms with van der Waals surface area (Å²) < 4.78 is 29.5. The van der Waals surface area contributed by atoms with E-state index in [0.29, 0.717) is 13.2 Å². The first-order chi connectivity index (χ1) is 9.39. The molecule has 1 saturated carbocycles. The molecule has 0 radical (unpaired) electrons. The zero-order valence-electron chi connectivity index (χ0n) is 11.3. The van der Waals surface area contributed by atoms with Gasteiger partial charge in [0.05, 0.1) is 19.0 Å². The van der Waals surface area contributed by atoms with Gasteiger partial charge in [-0.2, -0.15) is 0 Å². The molecule has 112 valence electrons. The van der Waals surface area contributed by atoms with Gasteiger partial charge in [-0.25, -0.2) is 13.6 Å². The molecule has 1 aromatic carbocycles. The summed E-state index contributed by atoms with van der Waals surface area (Å²) in [4.78, 5) is 0. The van der Waals surface area contributed by atoms with E-state index in [0.717, 1.165) is 35.7 Å². The van der Waals surface area contributed by atoms with Crippen LogP contribution in [0.5, 0.6) is 0 Å². The second-order valence-corrected chi connectivity index (χ2v) is 8.16. The number of nitrogens with two attached hydrogens (primary N) is 1. The lowest BCUT2D eigenvalue weighted by Crippen LogP contribution is -2.35. The Labute approximate surface area is 128 Å². The highest BCUT2D eigenvalue weighted by Crippen LogP contribution is 2.39. The van der Waals surface area contributed by atoms with Gasteiger partial charge in [-0.05, 0) is 30.5 Å². The average Bonchev–Trinajstić information content (AvgIpc) is 2.78. The molecule has 1 fully saturated rings. The largest absolute Gasteiger partial charge is 0.376 e. The van der Waals surface area contributed by atoms with E-state index < -0.39 is 10.0 Å². The maximum absolute atomic E-state index is 11.4. The minimum atomic E-state index is -3.45. The summed E-state index contributed by atoms with van der Waals surface area (Å²) in [5, 5.41) is 5.21. The fourth-order valence-electron chi connectivity index (χ4n) is 2.85. The first-order valence-electron chi connectivity index (χ1n) is 6.71. The zero-order chi connectivity index (χ0) is 14.6. The minimum absolute atomic E-state index is 0.0281. The van der Waals surface area contributed by atoms with Gasteiger partial charge in [0.2, 0.25) is 10.0 Å². The Kier molecular flexibility index (Phi) is 5.23. The van der Waals surface area contributed by atoms with Gasteiger partial charge in [0, 0.05) is 9.89 Å². The molecule has 2 N–H and O–H groups in total. The molecule has 0 saturated heterocycles. The van der Waals surface area contributed by atoms with Crippen LogP contribution in [-0.4, -0.2) is 20.8 Å². The fraction of sp³-hybridized carbons (Fsp3) is 0.571. The van der Waals surface area contributed by atoms with Gasteiger partial charge >= 0.3 is 0 Å². The topological polar surface area (TPSA) is 69.4 Å². The summed E-state index contributed by atoms with van der Waals surface area (Å²) in [6, 6.07) is 7.92. The van der Waals surface area contributed by atoms with Crippen LogP contribution in [-0.2, 0) is 21.4 Å². The summed E-state index contributed by atoms with van der Waals surface area (Å²) in [6.07, 6.45) is 3.86. The summed E-state index contributed by atoms with van der Waals surface area (Å²) >= 11 is 3.39. The van der Waals surface area contributed by atoms with Gasteiger partial charge in [-0.15, -0.1) is 0 Å². The fourth-order valence-corrected chi connectivity index (χ4v) is 4.34. The van der Waals surface area contributed by atoms with Crippen LogP contribution >= 0.6 is 15.9 Å². The molecule has 1 aromatic rings. The third-order valence-corrected chi connectivity index (χ3v) is 5.31. The molecule has 0 unspecified atom stereocenters. The Morgan fingerprint density at radius 2 is 1.80 bits per heavy atom. The van der Waals surface area contributed by atoms with E-state index in [1.165, 1.54) is 0 Å². The zero-order valence-corrected chi connectivity index (χ0v) is 13.7. The van der Waals surface area contributed by atoms with Crippen molar-refractivity contribution in [2.24, 2.45) is 10.6 Å². The van der Waals surface area contributed by atoms with E-state index in [2.05, 4.69) is 15.9 Å². The maximum atomic E-state index is 11.4. The van der Waals surface area contributed by atoms with Gasteiger partial charge in [0.15, 0.2) is 0 Å². The number of hydrogen-bond donors (Lipinski definition) is 1. The van der Waals surface area contributed by atoms with E-state index in [-0.39, 0.29) is 11.2 Å². The van der Waals surface area contributed by atoms with Crippen LogP contribution < -0.4 is 5.14 Å². The second-order valence-electron chi connectivity index (χ2n) is 5.63. The normalized spacial score (nSPS) is 18.3. The van der Waals surface area contributed by atoms with E-state index in [1.807, 2.05) is 24.3 Å². The van der Waals surface area contributed by atoms with Crippen LogP contribution in [0.1, 0.15) is 31.2 Å². The number of rotatable bonds is 6. The molecule has 0 bridgehead atoms. The highest BCUT2D eigenvalue weighted by Gasteiger charge is 2.37. The van der Waals surface area contributed by atoms with Crippen LogP contribution in [0.3, 0.4) is 0 Å². The molecule has 20 heavy (non-hydrogen) atoms. The van der Waals surface area contributed by atoms with Gasteiger partial charge in [-0.3, -0.25) is 0 Å². The molecule has 1 aliphatic rings. The van der Waals surface area contributed by atoms with Crippen molar-refractivity contribution in [2.75, 3.05) is 12.4 Å². The van der Waals surface area contributed by atoms with Gasteiger partial charge in [0.1, 0.15) is 0 Å². The molecule has 0 heterocycles. The third-order valence-electron chi connectivity index (χ3n) is 3.76. The van der Waals surface area contributed by atoms with Crippen LogP contribution in [0.4, 0.5) is 0 Å². The van der Waals surface area contributed by atoms with Crippen molar-refractivity contribution in [2.45, 2.75) is 32.3 Å². The monoisotopic (exact) mass is 361 g/mol. The third kappa shape index (κ3) is 4.84. The molecule has 2 rings (SSSR count). The molecule has 0 aromatic heterocycles. The van der Waals surface area contributed by atoms with E-state index >= 15 is 0 Å². The van der Waals surface area contributed by atoms with Crippen molar-refractivity contribution >= 4 is 26.0 Å². The molecule has 0 aliphatic heterocycles. The summed E-state index contributed by atoms with van der Waals surface area (Å²) in [5.41, 5.74) is 0.792. The van der Waals surface area contributed by atoms with Crippen LogP contribution in [0.25, 0.3) is 0 Å². The Balaban J connectivity index is 1.91. The number of primary sulfonamides is 1. The van der Waals surface area contributed by atoms with Crippen molar-refractivity contribution in [3.8, 4) is 0 Å². The van der Waals surface area contributed by atoms with E-state index in [1.54, 1.807) is 0 Å². The molecule has 4 nitrogen and oxygen atoms in total. The van der Waals surface area contributed by atoms with Crippen molar-refractivity contribution in [1.29, 1.82) is 0 Å². The molecule has 0 atom stereocenters. The average molecular weight is 362 g/mol. The van der Waals surface area contributed by atoms with Gasteiger partial charge in [0.25, 0.3) is 0 Å². The highest BCUT2D eigenvalue weighted by atomic mass is 79.9. The van der Waals surface area contributed by atoms with Crippen molar-refractivity contribution in [3.05, 3.63) is 34.3 Å². The molecule has 0 spiro atoms. The van der Waals surface area contributed by atoms with Crippen molar-refractivity contribution in [1.82, 2.24) is 0 Å². The number of halogens is 1. The predicted octanol–water partition coefficient (Wildman–Crippen LogP) is 2.81. The summed E-state index contributed by atoms with van der Waals surface area (Å²) in [6.45, 7) is 0.957. The smallest absolute Gasteiger partial charge is 0.209 e. The number of ether oxygens (including phenoxy) is 1.